The summed E-state index contributed by atoms with van der Waals surface area (Å²) in [6, 6.07) is 10.8. The van der Waals surface area contributed by atoms with Crippen molar-refractivity contribution in [1.29, 1.82) is 5.26 Å². The normalized spacial score (nSPS) is 16.4. The molecule has 0 bridgehead atoms. The Morgan fingerprint density at radius 2 is 2.07 bits per heavy atom. The van der Waals surface area contributed by atoms with Crippen molar-refractivity contribution in [1.82, 2.24) is 5.32 Å². The first-order valence-corrected chi connectivity index (χ1v) is 11.2. The van der Waals surface area contributed by atoms with Gasteiger partial charge in [0.1, 0.15) is 0 Å². The Balaban J connectivity index is 1.93. The standard InChI is InChI=1S/C21H16Cl2N2O2S2/c1-11-19(12(2)26)20(18-4-3-7-28-18)15(9-24)21(25-11)29-10-17(27)14-8-13(22)5-6-16(14)23/h3-8,20,25H,10H2,1-2H3/t20-/m0/s1. The molecule has 0 spiro atoms. The van der Waals surface area contributed by atoms with Gasteiger partial charge in [0.15, 0.2) is 11.6 Å². The van der Waals surface area contributed by atoms with Crippen LogP contribution in [0.4, 0.5) is 0 Å². The van der Waals surface area contributed by atoms with Crippen LogP contribution in [0.5, 0.6) is 0 Å². The van der Waals surface area contributed by atoms with Crippen molar-refractivity contribution in [3.05, 3.63) is 78.1 Å². The van der Waals surface area contributed by atoms with Crippen LogP contribution >= 0.6 is 46.3 Å². The summed E-state index contributed by atoms with van der Waals surface area (Å²) in [5.74, 6) is -0.646. The third-order valence-electron chi connectivity index (χ3n) is 4.43. The van der Waals surface area contributed by atoms with Gasteiger partial charge >= 0.3 is 0 Å². The summed E-state index contributed by atoms with van der Waals surface area (Å²) < 4.78 is 0. The minimum Gasteiger partial charge on any atom is -0.353 e. The number of nitrogens with zero attached hydrogens (tertiary/aromatic N) is 1. The van der Waals surface area contributed by atoms with Gasteiger partial charge in [-0.1, -0.05) is 41.0 Å². The number of hydrogen-bond donors (Lipinski definition) is 1. The molecule has 0 amide bonds. The van der Waals surface area contributed by atoms with Gasteiger partial charge in [0, 0.05) is 26.7 Å². The lowest BCUT2D eigenvalue weighted by molar-refractivity contribution is -0.113. The number of Topliss-reactive ketones (excluding diaryl/α,β-unsaturated/α-hetero) is 2. The van der Waals surface area contributed by atoms with Crippen LogP contribution < -0.4 is 5.32 Å². The van der Waals surface area contributed by atoms with Crippen LogP contribution in [-0.4, -0.2) is 17.3 Å². The fourth-order valence-electron chi connectivity index (χ4n) is 3.16. The summed E-state index contributed by atoms with van der Waals surface area (Å²) in [5.41, 5.74) is 2.02. The fraction of sp³-hybridized carbons (Fsp3) is 0.190. The van der Waals surface area contributed by atoms with E-state index in [-0.39, 0.29) is 17.3 Å². The molecule has 3 rings (SSSR count). The number of rotatable bonds is 6. The Morgan fingerprint density at radius 3 is 2.69 bits per heavy atom. The molecule has 2 aromatic rings. The second-order valence-corrected chi connectivity index (χ2v) is 9.17. The zero-order valence-corrected chi connectivity index (χ0v) is 18.7. The molecule has 1 N–H and O–H groups in total. The third-order valence-corrected chi connectivity index (χ3v) is 6.95. The predicted octanol–water partition coefficient (Wildman–Crippen LogP) is 5.96. The van der Waals surface area contributed by atoms with Crippen LogP contribution in [0.15, 0.2) is 57.6 Å². The molecule has 0 radical (unpaired) electrons. The molecule has 0 unspecified atom stereocenters. The first-order valence-electron chi connectivity index (χ1n) is 8.61. The predicted molar refractivity (Wildman–Crippen MR) is 119 cm³/mol. The maximum atomic E-state index is 12.7. The van der Waals surface area contributed by atoms with Gasteiger partial charge in [-0.3, -0.25) is 9.59 Å². The minimum atomic E-state index is -0.439. The monoisotopic (exact) mass is 462 g/mol. The van der Waals surface area contributed by atoms with Gasteiger partial charge < -0.3 is 5.32 Å². The molecule has 4 nitrogen and oxygen atoms in total. The van der Waals surface area contributed by atoms with E-state index in [2.05, 4.69) is 11.4 Å². The quantitative estimate of drug-likeness (QED) is 0.536. The van der Waals surface area contributed by atoms with Crippen LogP contribution in [0.1, 0.15) is 35.0 Å². The Hall–Kier alpha value is -2.04. The molecular weight excluding hydrogens is 447 g/mol. The highest BCUT2D eigenvalue weighted by atomic mass is 35.5. The van der Waals surface area contributed by atoms with Crippen LogP contribution in [0, 0.1) is 11.3 Å². The number of nitrogens with one attached hydrogen (secondary N) is 1. The molecule has 1 aliphatic rings. The number of carbonyl (C=O) groups excluding carboxylic acids is 2. The van der Waals surface area contributed by atoms with Crippen molar-refractivity contribution in [3.8, 4) is 6.07 Å². The van der Waals surface area contributed by atoms with E-state index in [1.165, 1.54) is 36.1 Å². The minimum absolute atomic E-state index is 0.0768. The fourth-order valence-corrected chi connectivity index (χ4v) is 5.37. The number of dihydropyridines is 1. The van der Waals surface area contributed by atoms with Crippen LogP contribution in [0.3, 0.4) is 0 Å². The maximum Gasteiger partial charge on any atom is 0.174 e. The average molecular weight is 463 g/mol. The number of nitriles is 1. The molecule has 148 valence electrons. The maximum absolute atomic E-state index is 12.7. The van der Waals surface area contributed by atoms with Crippen LogP contribution in [-0.2, 0) is 4.79 Å². The lowest BCUT2D eigenvalue weighted by Gasteiger charge is -2.28. The smallest absolute Gasteiger partial charge is 0.174 e. The molecule has 0 aliphatic carbocycles. The second-order valence-electron chi connectivity index (χ2n) is 6.36. The van der Waals surface area contributed by atoms with Gasteiger partial charge in [-0.25, -0.2) is 0 Å². The summed E-state index contributed by atoms with van der Waals surface area (Å²) in [6.45, 7) is 3.31. The molecule has 29 heavy (non-hydrogen) atoms. The highest BCUT2D eigenvalue weighted by Gasteiger charge is 2.33. The van der Waals surface area contributed by atoms with E-state index in [9.17, 15) is 14.9 Å². The molecule has 1 aliphatic heterocycles. The number of halogens is 2. The van der Waals surface area contributed by atoms with Crippen molar-refractivity contribution >= 4 is 57.9 Å². The highest BCUT2D eigenvalue weighted by molar-refractivity contribution is 8.03. The van der Waals surface area contributed by atoms with Gasteiger partial charge in [-0.2, -0.15) is 5.26 Å². The van der Waals surface area contributed by atoms with Crippen LogP contribution in [0.25, 0.3) is 0 Å². The van der Waals surface area contributed by atoms with E-state index < -0.39 is 5.92 Å². The van der Waals surface area contributed by atoms with Gasteiger partial charge in [0.25, 0.3) is 0 Å². The number of thiophene rings is 1. The van der Waals surface area contributed by atoms with Gasteiger partial charge in [0.05, 0.1) is 33.4 Å². The first-order chi connectivity index (χ1) is 13.8. The van der Waals surface area contributed by atoms with Gasteiger partial charge in [-0.15, -0.1) is 11.3 Å². The summed E-state index contributed by atoms with van der Waals surface area (Å²) in [5, 5.41) is 16.3. The van der Waals surface area contributed by atoms with Crippen molar-refractivity contribution in [2.45, 2.75) is 19.8 Å². The number of thioether (sulfide) groups is 1. The van der Waals surface area contributed by atoms with E-state index >= 15 is 0 Å². The molecule has 1 atom stereocenters. The number of hydrogen-bond acceptors (Lipinski definition) is 6. The molecule has 2 heterocycles. The van der Waals surface area contributed by atoms with E-state index in [0.717, 1.165) is 4.88 Å². The molecule has 8 heteroatoms. The van der Waals surface area contributed by atoms with E-state index in [1.807, 2.05) is 24.4 Å². The summed E-state index contributed by atoms with van der Waals surface area (Å²) in [4.78, 5) is 25.9. The van der Waals surface area contributed by atoms with Crippen molar-refractivity contribution < 1.29 is 9.59 Å². The molecule has 1 aromatic heterocycles. The Bertz CT molecular complexity index is 1080. The Labute approximate surface area is 187 Å². The highest BCUT2D eigenvalue weighted by Crippen LogP contribution is 2.42. The van der Waals surface area contributed by atoms with E-state index in [4.69, 9.17) is 23.2 Å². The van der Waals surface area contributed by atoms with Gasteiger partial charge in [0.2, 0.25) is 0 Å². The summed E-state index contributed by atoms with van der Waals surface area (Å²) in [7, 11) is 0. The van der Waals surface area contributed by atoms with Crippen LogP contribution in [0.2, 0.25) is 10.0 Å². The molecule has 0 fully saturated rings. The second kappa shape index (κ2) is 9.19. The number of carbonyl (C=O) groups is 2. The lowest BCUT2D eigenvalue weighted by atomic mass is 9.85. The largest absolute Gasteiger partial charge is 0.353 e. The zero-order chi connectivity index (χ0) is 21.1. The van der Waals surface area contributed by atoms with E-state index in [0.29, 0.717) is 37.5 Å². The zero-order valence-electron chi connectivity index (χ0n) is 15.6. The molecule has 0 saturated carbocycles. The van der Waals surface area contributed by atoms with Gasteiger partial charge in [-0.05, 0) is 43.5 Å². The topological polar surface area (TPSA) is 70.0 Å². The first kappa shape index (κ1) is 21.7. The summed E-state index contributed by atoms with van der Waals surface area (Å²) >= 11 is 14.8. The summed E-state index contributed by atoms with van der Waals surface area (Å²) in [6.07, 6.45) is 0. The number of benzene rings is 1. The van der Waals surface area contributed by atoms with Crippen molar-refractivity contribution in [2.24, 2.45) is 0 Å². The van der Waals surface area contributed by atoms with Crippen molar-refractivity contribution in [2.75, 3.05) is 5.75 Å². The molecular formula is C21H16Cl2N2O2S2. The SMILES string of the molecule is CC(=O)C1=C(C)NC(SCC(=O)c2cc(Cl)ccc2Cl)=C(C#N)[C@H]1c1cccs1. The molecule has 0 saturated heterocycles. The Morgan fingerprint density at radius 1 is 1.31 bits per heavy atom. The third kappa shape index (κ3) is 4.59. The van der Waals surface area contributed by atoms with E-state index in [1.54, 1.807) is 12.1 Å². The number of ketones is 2. The Kier molecular flexibility index (Phi) is 6.86. The van der Waals surface area contributed by atoms with Crippen molar-refractivity contribution in [3.63, 3.8) is 0 Å². The lowest BCUT2D eigenvalue weighted by Crippen LogP contribution is -2.27. The number of allylic oxidation sites excluding steroid dienone is 3. The average Bonchev–Trinajstić information content (AvgIpc) is 3.21. The molecule has 1 aromatic carbocycles.